The van der Waals surface area contributed by atoms with Crippen molar-refractivity contribution in [3.8, 4) is 0 Å². The van der Waals surface area contributed by atoms with E-state index in [2.05, 4.69) is 5.10 Å². The predicted octanol–water partition coefficient (Wildman–Crippen LogP) is -2.76. The molecule has 62 valence electrons. The van der Waals surface area contributed by atoms with Gasteiger partial charge in [0, 0.05) is 15.3 Å². The SMILES string of the molecule is N[n+]1cc2ccccc2cn1.[I-]. The van der Waals surface area contributed by atoms with Crippen LogP contribution in [0.2, 0.25) is 0 Å². The van der Waals surface area contributed by atoms with E-state index in [1.165, 1.54) is 4.79 Å². The third kappa shape index (κ3) is 1.63. The number of hydrogen-bond donors (Lipinski definition) is 1. The fraction of sp³-hybridized carbons (Fsp3) is 0. The second-order valence-electron chi connectivity index (χ2n) is 2.38. The van der Waals surface area contributed by atoms with E-state index in [9.17, 15) is 0 Å². The first-order valence-corrected chi connectivity index (χ1v) is 3.38. The Morgan fingerprint density at radius 1 is 1.17 bits per heavy atom. The molecule has 0 bridgehead atoms. The minimum Gasteiger partial charge on any atom is -1.00 e. The number of benzene rings is 1. The van der Waals surface area contributed by atoms with Crippen LogP contribution >= 0.6 is 0 Å². The van der Waals surface area contributed by atoms with Gasteiger partial charge in [0.2, 0.25) is 6.20 Å². The minimum absolute atomic E-state index is 0. The number of fused-ring (bicyclic) bond motifs is 1. The molecular formula is C8H8IN3. The maximum absolute atomic E-state index is 5.43. The summed E-state index contributed by atoms with van der Waals surface area (Å²) in [5, 5.41) is 6.11. The lowest BCUT2D eigenvalue weighted by molar-refractivity contribution is -0.699. The Morgan fingerprint density at radius 3 is 2.58 bits per heavy atom. The molecule has 0 aliphatic carbocycles. The van der Waals surface area contributed by atoms with Gasteiger partial charge in [0.1, 0.15) is 6.20 Å². The average Bonchev–Trinajstić information content (AvgIpc) is 2.04. The molecule has 2 rings (SSSR count). The first kappa shape index (κ1) is 9.18. The van der Waals surface area contributed by atoms with Crippen molar-refractivity contribution in [3.05, 3.63) is 36.7 Å². The quantitative estimate of drug-likeness (QED) is 0.321. The van der Waals surface area contributed by atoms with Crippen LogP contribution in [-0.4, -0.2) is 5.10 Å². The van der Waals surface area contributed by atoms with Crippen molar-refractivity contribution in [2.75, 3.05) is 5.84 Å². The standard InChI is InChI=1S/C8H8N3.HI/c9-11-6-8-4-2-1-3-7(8)5-10-11;/h1-6H,(H2,9,10);1H/q+1;/p-1. The van der Waals surface area contributed by atoms with Gasteiger partial charge in [-0.15, -0.1) is 0 Å². The van der Waals surface area contributed by atoms with Gasteiger partial charge in [-0.2, -0.15) is 5.84 Å². The molecule has 12 heavy (non-hydrogen) atoms. The highest BCUT2D eigenvalue weighted by molar-refractivity contribution is 5.79. The van der Waals surface area contributed by atoms with Crippen LogP contribution in [0.5, 0.6) is 0 Å². The molecule has 0 saturated carbocycles. The lowest BCUT2D eigenvalue weighted by Crippen LogP contribution is -3.00. The average molecular weight is 273 g/mol. The van der Waals surface area contributed by atoms with Crippen LogP contribution in [0.3, 0.4) is 0 Å². The third-order valence-corrected chi connectivity index (χ3v) is 1.60. The fourth-order valence-electron chi connectivity index (χ4n) is 1.05. The summed E-state index contributed by atoms with van der Waals surface area (Å²) in [6, 6.07) is 7.95. The summed E-state index contributed by atoms with van der Waals surface area (Å²) in [7, 11) is 0. The molecule has 0 aliphatic rings. The number of nitrogens with two attached hydrogens (primary N) is 1. The molecule has 0 atom stereocenters. The van der Waals surface area contributed by atoms with Crippen molar-refractivity contribution in [3.63, 3.8) is 0 Å². The topological polar surface area (TPSA) is 42.8 Å². The van der Waals surface area contributed by atoms with Crippen molar-refractivity contribution in [1.29, 1.82) is 0 Å². The third-order valence-electron chi connectivity index (χ3n) is 1.60. The molecular weight excluding hydrogens is 265 g/mol. The zero-order valence-electron chi connectivity index (χ0n) is 6.31. The van der Waals surface area contributed by atoms with E-state index in [-0.39, 0.29) is 24.0 Å². The Kier molecular flexibility index (Phi) is 2.80. The fourth-order valence-corrected chi connectivity index (χ4v) is 1.05. The van der Waals surface area contributed by atoms with Gasteiger partial charge in [0.15, 0.2) is 0 Å². The van der Waals surface area contributed by atoms with Gasteiger partial charge < -0.3 is 24.0 Å². The van der Waals surface area contributed by atoms with Crippen molar-refractivity contribution in [1.82, 2.24) is 5.10 Å². The maximum Gasteiger partial charge on any atom is 0.238 e. The summed E-state index contributed by atoms with van der Waals surface area (Å²) in [4.78, 5) is 1.31. The van der Waals surface area contributed by atoms with Gasteiger partial charge in [-0.1, -0.05) is 18.2 Å². The van der Waals surface area contributed by atoms with Crippen LogP contribution < -0.4 is 34.6 Å². The highest BCUT2D eigenvalue weighted by atomic mass is 127. The highest BCUT2D eigenvalue weighted by Gasteiger charge is 1.97. The molecule has 2 N–H and O–H groups in total. The molecule has 0 aliphatic heterocycles. The Labute approximate surface area is 87.2 Å². The molecule has 2 aromatic rings. The van der Waals surface area contributed by atoms with Crippen LogP contribution in [0.25, 0.3) is 10.8 Å². The first-order valence-electron chi connectivity index (χ1n) is 3.38. The predicted molar refractivity (Wildman–Crippen MR) is 42.1 cm³/mol. The Hall–Kier alpha value is -0.910. The molecule has 0 spiro atoms. The lowest BCUT2D eigenvalue weighted by Gasteiger charge is -1.89. The van der Waals surface area contributed by atoms with E-state index in [4.69, 9.17) is 5.84 Å². The summed E-state index contributed by atoms with van der Waals surface area (Å²) in [5.41, 5.74) is 0. The molecule has 0 unspecified atom stereocenters. The van der Waals surface area contributed by atoms with E-state index in [1.54, 1.807) is 12.4 Å². The highest BCUT2D eigenvalue weighted by Crippen LogP contribution is 2.07. The van der Waals surface area contributed by atoms with E-state index in [1.807, 2.05) is 24.3 Å². The lowest BCUT2D eigenvalue weighted by atomic mass is 10.2. The molecule has 3 nitrogen and oxygen atoms in total. The second-order valence-corrected chi connectivity index (χ2v) is 2.38. The van der Waals surface area contributed by atoms with Crippen LogP contribution in [0, 0.1) is 0 Å². The van der Waals surface area contributed by atoms with E-state index < -0.39 is 0 Å². The molecule has 1 heterocycles. The van der Waals surface area contributed by atoms with Crippen LogP contribution in [-0.2, 0) is 0 Å². The number of nitrogen functional groups attached to an aromatic ring is 1. The first-order chi connectivity index (χ1) is 5.36. The van der Waals surface area contributed by atoms with E-state index in [0.717, 1.165) is 10.8 Å². The van der Waals surface area contributed by atoms with Gasteiger partial charge in [-0.25, -0.2) is 0 Å². The summed E-state index contributed by atoms with van der Waals surface area (Å²) < 4.78 is 0. The maximum atomic E-state index is 5.43. The van der Waals surface area contributed by atoms with Gasteiger partial charge in [0.05, 0.1) is 5.39 Å². The number of aromatic nitrogens is 2. The molecule has 4 heteroatoms. The Balaban J connectivity index is 0.000000720. The van der Waals surface area contributed by atoms with Gasteiger partial charge >= 0.3 is 0 Å². The summed E-state index contributed by atoms with van der Waals surface area (Å²) in [6.07, 6.45) is 3.53. The van der Waals surface area contributed by atoms with Crippen LogP contribution in [0.1, 0.15) is 0 Å². The van der Waals surface area contributed by atoms with Crippen LogP contribution in [0.4, 0.5) is 0 Å². The smallest absolute Gasteiger partial charge is 0.238 e. The van der Waals surface area contributed by atoms with E-state index >= 15 is 0 Å². The minimum atomic E-state index is 0. The summed E-state index contributed by atoms with van der Waals surface area (Å²) >= 11 is 0. The van der Waals surface area contributed by atoms with Crippen LogP contribution in [0.15, 0.2) is 36.7 Å². The summed E-state index contributed by atoms with van der Waals surface area (Å²) in [5.74, 6) is 5.43. The van der Waals surface area contributed by atoms with Gasteiger partial charge in [-0.05, 0) is 6.07 Å². The monoisotopic (exact) mass is 273 g/mol. The van der Waals surface area contributed by atoms with Crippen molar-refractivity contribution in [2.45, 2.75) is 0 Å². The van der Waals surface area contributed by atoms with Gasteiger partial charge in [-0.3, -0.25) is 0 Å². The van der Waals surface area contributed by atoms with Crippen molar-refractivity contribution < 1.29 is 28.8 Å². The summed E-state index contributed by atoms with van der Waals surface area (Å²) in [6.45, 7) is 0. The Morgan fingerprint density at radius 2 is 1.83 bits per heavy atom. The molecule has 1 aromatic carbocycles. The number of rotatable bonds is 0. The molecule has 0 fully saturated rings. The van der Waals surface area contributed by atoms with E-state index in [0.29, 0.717) is 0 Å². The Bertz CT molecular complexity index is 389. The van der Waals surface area contributed by atoms with Crippen molar-refractivity contribution in [2.24, 2.45) is 0 Å². The second kappa shape index (κ2) is 3.66. The number of halogens is 1. The molecule has 0 radical (unpaired) electrons. The molecule has 0 saturated heterocycles. The number of hydrogen-bond acceptors (Lipinski definition) is 2. The zero-order chi connectivity index (χ0) is 7.68. The normalized spacial score (nSPS) is 9.33. The number of nitrogens with zero attached hydrogens (tertiary/aromatic N) is 2. The van der Waals surface area contributed by atoms with Gasteiger partial charge in [0.25, 0.3) is 0 Å². The largest absolute Gasteiger partial charge is 1.00 e. The van der Waals surface area contributed by atoms with Crippen molar-refractivity contribution >= 4 is 10.8 Å². The molecule has 1 aromatic heterocycles. The molecule has 0 amide bonds. The zero-order valence-corrected chi connectivity index (χ0v) is 8.47.